The molecule has 1 aliphatic carbocycles. The molecule has 0 bridgehead atoms. The summed E-state index contributed by atoms with van der Waals surface area (Å²) in [7, 11) is 1.42. The zero-order valence-electron chi connectivity index (χ0n) is 14.2. The molecular formula is C19H19BrN2O4. The summed E-state index contributed by atoms with van der Waals surface area (Å²) in [6.45, 7) is 0.344. The van der Waals surface area contributed by atoms with Crippen LogP contribution in [0.5, 0.6) is 11.5 Å². The Hall–Kier alpha value is -2.54. The van der Waals surface area contributed by atoms with E-state index >= 15 is 0 Å². The molecule has 0 unspecified atom stereocenters. The lowest BCUT2D eigenvalue weighted by Crippen LogP contribution is -2.22. The number of carbonyl (C=O) groups excluding carboxylic acids is 2. The lowest BCUT2D eigenvalue weighted by Gasteiger charge is -2.10. The molecule has 2 aromatic rings. The van der Waals surface area contributed by atoms with Crippen molar-refractivity contribution in [3.63, 3.8) is 0 Å². The molecular weight excluding hydrogens is 400 g/mol. The first-order valence-corrected chi connectivity index (χ1v) is 9.01. The van der Waals surface area contributed by atoms with Gasteiger partial charge in [0.25, 0.3) is 5.91 Å². The van der Waals surface area contributed by atoms with E-state index in [2.05, 4.69) is 26.6 Å². The van der Waals surface area contributed by atoms with Gasteiger partial charge in [-0.3, -0.25) is 9.59 Å². The number of phenols is 1. The van der Waals surface area contributed by atoms with Crippen LogP contribution in [0.15, 0.2) is 40.9 Å². The summed E-state index contributed by atoms with van der Waals surface area (Å²) < 4.78 is 5.44. The maximum absolute atomic E-state index is 12.3. The minimum atomic E-state index is -0.282. The molecule has 136 valence electrons. The number of nitrogens with one attached hydrogen (secondary N) is 2. The summed E-state index contributed by atoms with van der Waals surface area (Å²) in [5, 5.41) is 15.5. The first kappa shape index (κ1) is 18.3. The number of halogens is 1. The molecule has 1 fully saturated rings. The van der Waals surface area contributed by atoms with Gasteiger partial charge in [0.05, 0.1) is 11.6 Å². The summed E-state index contributed by atoms with van der Waals surface area (Å²) in [4.78, 5) is 24.1. The standard InChI is InChI=1S/C19H19BrN2O4/c1-26-16-9-13(8-15(20)17(16)23)18(24)21-10-11-2-6-14(7-3-11)22-19(25)12-4-5-12/h2-3,6-9,12,23H,4-5,10H2,1H3,(H,21,24)(H,22,25). The maximum Gasteiger partial charge on any atom is 0.251 e. The molecule has 0 aromatic heterocycles. The van der Waals surface area contributed by atoms with Crippen molar-refractivity contribution in [2.75, 3.05) is 12.4 Å². The van der Waals surface area contributed by atoms with Gasteiger partial charge >= 0.3 is 0 Å². The second-order valence-corrected chi connectivity index (χ2v) is 7.01. The van der Waals surface area contributed by atoms with Crippen LogP contribution in [0.4, 0.5) is 5.69 Å². The average molecular weight is 419 g/mol. The topological polar surface area (TPSA) is 87.7 Å². The number of methoxy groups -OCH3 is 1. The normalized spacial score (nSPS) is 13.2. The average Bonchev–Trinajstić information content (AvgIpc) is 3.48. The number of ether oxygens (including phenoxy) is 1. The monoisotopic (exact) mass is 418 g/mol. The van der Waals surface area contributed by atoms with Gasteiger partial charge < -0.3 is 20.5 Å². The van der Waals surface area contributed by atoms with E-state index < -0.39 is 0 Å². The molecule has 7 heteroatoms. The van der Waals surface area contributed by atoms with Crippen LogP contribution >= 0.6 is 15.9 Å². The molecule has 1 aliphatic rings. The third-order valence-electron chi connectivity index (χ3n) is 4.13. The highest BCUT2D eigenvalue weighted by atomic mass is 79.9. The van der Waals surface area contributed by atoms with E-state index in [-0.39, 0.29) is 29.2 Å². The molecule has 0 radical (unpaired) electrons. The number of hydrogen-bond acceptors (Lipinski definition) is 4. The van der Waals surface area contributed by atoms with Crippen LogP contribution in [0, 0.1) is 5.92 Å². The van der Waals surface area contributed by atoms with Gasteiger partial charge in [-0.25, -0.2) is 0 Å². The maximum atomic E-state index is 12.3. The van der Waals surface area contributed by atoms with E-state index in [1.807, 2.05) is 24.3 Å². The van der Waals surface area contributed by atoms with Gasteiger partial charge in [-0.1, -0.05) is 12.1 Å². The summed E-state index contributed by atoms with van der Waals surface area (Å²) in [5.74, 6) is 0.122. The number of benzene rings is 2. The highest BCUT2D eigenvalue weighted by Gasteiger charge is 2.29. The Labute approximate surface area is 159 Å². The Bertz CT molecular complexity index is 832. The van der Waals surface area contributed by atoms with Gasteiger partial charge in [-0.15, -0.1) is 0 Å². The number of phenolic OH excluding ortho intramolecular Hbond substituents is 1. The largest absolute Gasteiger partial charge is 0.503 e. The van der Waals surface area contributed by atoms with E-state index in [0.717, 1.165) is 24.1 Å². The van der Waals surface area contributed by atoms with Crippen molar-refractivity contribution in [1.29, 1.82) is 0 Å². The molecule has 6 nitrogen and oxygen atoms in total. The Morgan fingerprint density at radius 1 is 1.23 bits per heavy atom. The molecule has 1 saturated carbocycles. The fourth-order valence-electron chi connectivity index (χ4n) is 2.44. The smallest absolute Gasteiger partial charge is 0.251 e. The van der Waals surface area contributed by atoms with E-state index in [1.54, 1.807) is 0 Å². The Morgan fingerprint density at radius 2 is 1.92 bits per heavy atom. The predicted molar refractivity (Wildman–Crippen MR) is 101 cm³/mol. The van der Waals surface area contributed by atoms with Crippen LogP contribution in [0.25, 0.3) is 0 Å². The van der Waals surface area contributed by atoms with E-state index in [9.17, 15) is 14.7 Å². The number of rotatable bonds is 6. The van der Waals surface area contributed by atoms with Crippen molar-refractivity contribution >= 4 is 33.4 Å². The molecule has 0 spiro atoms. The third-order valence-corrected chi connectivity index (χ3v) is 4.74. The molecule has 0 atom stereocenters. The molecule has 26 heavy (non-hydrogen) atoms. The second-order valence-electron chi connectivity index (χ2n) is 6.15. The van der Waals surface area contributed by atoms with E-state index in [0.29, 0.717) is 16.6 Å². The van der Waals surface area contributed by atoms with Crippen LogP contribution in [0.1, 0.15) is 28.8 Å². The second kappa shape index (κ2) is 7.78. The fourth-order valence-corrected chi connectivity index (χ4v) is 2.88. The van der Waals surface area contributed by atoms with Crippen molar-refractivity contribution in [1.82, 2.24) is 5.32 Å². The van der Waals surface area contributed by atoms with Gasteiger partial charge in [0, 0.05) is 23.7 Å². The number of hydrogen-bond donors (Lipinski definition) is 3. The Kier molecular flexibility index (Phi) is 5.46. The van der Waals surface area contributed by atoms with Crippen LogP contribution in [0.2, 0.25) is 0 Å². The number of aromatic hydroxyl groups is 1. The molecule has 2 amide bonds. The van der Waals surface area contributed by atoms with Crippen molar-refractivity contribution in [2.24, 2.45) is 5.92 Å². The van der Waals surface area contributed by atoms with Gasteiger partial charge in [0.1, 0.15) is 0 Å². The molecule has 0 aliphatic heterocycles. The quantitative estimate of drug-likeness (QED) is 0.670. The molecule has 2 aromatic carbocycles. The van der Waals surface area contributed by atoms with Gasteiger partial charge in [0.2, 0.25) is 5.91 Å². The van der Waals surface area contributed by atoms with Crippen molar-refractivity contribution < 1.29 is 19.4 Å². The van der Waals surface area contributed by atoms with Crippen LogP contribution in [0.3, 0.4) is 0 Å². The highest BCUT2D eigenvalue weighted by Crippen LogP contribution is 2.35. The number of amides is 2. The molecule has 3 rings (SSSR count). The summed E-state index contributed by atoms with van der Waals surface area (Å²) >= 11 is 3.20. The zero-order valence-corrected chi connectivity index (χ0v) is 15.8. The predicted octanol–water partition coefficient (Wildman–Crippen LogP) is 3.44. The lowest BCUT2D eigenvalue weighted by atomic mass is 10.1. The summed E-state index contributed by atoms with van der Waals surface area (Å²) in [6.07, 6.45) is 1.93. The molecule has 0 saturated heterocycles. The first-order chi connectivity index (χ1) is 12.5. The number of anilines is 1. The van der Waals surface area contributed by atoms with Crippen LogP contribution in [-0.2, 0) is 11.3 Å². The van der Waals surface area contributed by atoms with Crippen molar-refractivity contribution in [3.8, 4) is 11.5 Å². The fraction of sp³-hybridized carbons (Fsp3) is 0.263. The minimum Gasteiger partial charge on any atom is -0.503 e. The summed E-state index contributed by atoms with van der Waals surface area (Å²) in [5.41, 5.74) is 2.04. The van der Waals surface area contributed by atoms with E-state index in [1.165, 1.54) is 19.2 Å². The van der Waals surface area contributed by atoms with Crippen molar-refractivity contribution in [2.45, 2.75) is 19.4 Å². The molecule has 3 N–H and O–H groups in total. The first-order valence-electron chi connectivity index (χ1n) is 8.22. The number of carbonyl (C=O) groups is 2. The van der Waals surface area contributed by atoms with Crippen LogP contribution < -0.4 is 15.4 Å². The van der Waals surface area contributed by atoms with Gasteiger partial charge in [-0.05, 0) is 58.6 Å². The Morgan fingerprint density at radius 3 is 2.54 bits per heavy atom. The van der Waals surface area contributed by atoms with E-state index in [4.69, 9.17) is 4.74 Å². The highest BCUT2D eigenvalue weighted by molar-refractivity contribution is 9.10. The Balaban J connectivity index is 1.59. The lowest BCUT2D eigenvalue weighted by molar-refractivity contribution is -0.117. The van der Waals surface area contributed by atoms with Crippen LogP contribution in [-0.4, -0.2) is 24.0 Å². The van der Waals surface area contributed by atoms with Gasteiger partial charge in [-0.2, -0.15) is 0 Å². The molecule has 0 heterocycles. The van der Waals surface area contributed by atoms with Gasteiger partial charge in [0.15, 0.2) is 11.5 Å². The zero-order chi connectivity index (χ0) is 18.7. The van der Waals surface area contributed by atoms with Crippen molar-refractivity contribution in [3.05, 3.63) is 52.0 Å². The third kappa shape index (κ3) is 4.35. The summed E-state index contributed by atoms with van der Waals surface area (Å²) in [6, 6.07) is 10.4. The minimum absolute atomic E-state index is 0.0483. The SMILES string of the molecule is COc1cc(C(=O)NCc2ccc(NC(=O)C3CC3)cc2)cc(Br)c1O.